The van der Waals surface area contributed by atoms with Crippen molar-refractivity contribution in [2.45, 2.75) is 0 Å². The molecular weight excluding hydrogens is 137 g/mol. The molecule has 50 valence electrons. The average molecular weight is 145 g/mol. The number of ether oxygens (including phenoxy) is 1. The summed E-state index contributed by atoms with van der Waals surface area (Å²) in [5.74, 6) is 0.979. The van der Waals surface area contributed by atoms with Crippen LogP contribution in [0.15, 0.2) is 4.27 Å². The zero-order valence-electron chi connectivity index (χ0n) is 5.08. The molecule has 0 aromatic rings. The van der Waals surface area contributed by atoms with Gasteiger partial charge in [-0.05, 0) is 0 Å². The quantitative estimate of drug-likeness (QED) is 0.433. The summed E-state index contributed by atoms with van der Waals surface area (Å²) in [5, 5.41) is 0. The topological polar surface area (TPSA) is 38.7 Å². The molecule has 0 aromatic carbocycles. The second-order valence-electron chi connectivity index (χ2n) is 1.90. The van der Waals surface area contributed by atoms with E-state index in [-0.39, 0.29) is 0 Å². The molecule has 0 unspecified atom stereocenters. The van der Waals surface area contributed by atoms with Crippen molar-refractivity contribution in [1.29, 1.82) is 0 Å². The highest BCUT2D eigenvalue weighted by Gasteiger charge is 2.11. The van der Waals surface area contributed by atoms with Gasteiger partial charge < -0.3 is 9.01 Å². The largest absolute Gasteiger partial charge is 0.379 e. The van der Waals surface area contributed by atoms with E-state index in [9.17, 15) is 4.21 Å². The molecule has 0 bridgehead atoms. The van der Waals surface area contributed by atoms with Crippen molar-refractivity contribution in [2.24, 2.45) is 4.27 Å². The van der Waals surface area contributed by atoms with Crippen molar-refractivity contribution in [1.82, 2.24) is 0 Å². The van der Waals surface area contributed by atoms with Crippen LogP contribution >= 0.6 is 0 Å². The molecule has 1 saturated heterocycles. The zero-order valence-corrected chi connectivity index (χ0v) is 5.89. The maximum Gasteiger partial charge on any atom is 0.273 e. The van der Waals surface area contributed by atoms with E-state index >= 15 is 0 Å². The molecule has 0 aromatic heterocycles. The summed E-state index contributed by atoms with van der Waals surface area (Å²) in [5.41, 5.74) is 0. The molecule has 0 spiro atoms. The molecule has 1 heterocycles. The van der Waals surface area contributed by atoms with E-state index in [1.807, 2.05) is 0 Å². The molecule has 1 rings (SSSR count). The lowest BCUT2D eigenvalue weighted by atomic mass is 10.5. The maximum absolute atomic E-state index is 11.2. The van der Waals surface area contributed by atoms with Crippen molar-refractivity contribution in [2.75, 3.05) is 24.7 Å². The minimum absolute atomic E-state index is 0.490. The molecule has 0 amide bonds. The van der Waals surface area contributed by atoms with E-state index in [4.69, 9.17) is 12.7 Å². The summed E-state index contributed by atoms with van der Waals surface area (Å²) in [4.78, 5) is 0. The molecule has 0 N–H and O–H groups in total. The summed E-state index contributed by atoms with van der Waals surface area (Å²) in [6.07, 6.45) is 0. The van der Waals surface area contributed by atoms with Crippen LogP contribution in [0.5, 0.6) is 0 Å². The fourth-order valence-electron chi connectivity index (χ4n) is 0.688. The first-order chi connectivity index (χ1) is 4.27. The van der Waals surface area contributed by atoms with Crippen molar-refractivity contribution in [3.05, 3.63) is 0 Å². The zero-order chi connectivity index (χ0) is 6.74. The van der Waals surface area contributed by atoms with E-state index in [0.29, 0.717) is 24.7 Å². The van der Waals surface area contributed by atoms with E-state index in [1.54, 1.807) is 0 Å². The second kappa shape index (κ2) is 2.71. The van der Waals surface area contributed by atoms with Gasteiger partial charge in [0.2, 0.25) is 0 Å². The summed E-state index contributed by atoms with van der Waals surface area (Å²) in [6, 6.07) is 0. The minimum atomic E-state index is -2.05. The molecular formula is C4H8BNO2S. The van der Waals surface area contributed by atoms with Gasteiger partial charge in [0.15, 0.2) is 0 Å². The normalized spacial score (nSPS) is 25.3. The highest BCUT2D eigenvalue weighted by molar-refractivity contribution is 7.94. The molecule has 5 heteroatoms. The van der Waals surface area contributed by atoms with Crippen LogP contribution < -0.4 is 0 Å². The van der Waals surface area contributed by atoms with Gasteiger partial charge in [0.1, 0.15) is 0 Å². The Morgan fingerprint density at radius 3 is 2.33 bits per heavy atom. The van der Waals surface area contributed by atoms with Crippen LogP contribution in [0.25, 0.3) is 0 Å². The van der Waals surface area contributed by atoms with Crippen LogP contribution in [0.1, 0.15) is 0 Å². The monoisotopic (exact) mass is 145 g/mol. The lowest BCUT2D eigenvalue weighted by Crippen LogP contribution is -2.25. The minimum Gasteiger partial charge on any atom is -0.379 e. The molecule has 0 atom stereocenters. The van der Waals surface area contributed by atoms with E-state index in [2.05, 4.69) is 4.27 Å². The first kappa shape index (κ1) is 7.09. The van der Waals surface area contributed by atoms with Crippen LogP contribution in [-0.2, 0) is 14.5 Å². The Hall–Kier alpha value is -0.0251. The Morgan fingerprint density at radius 1 is 1.44 bits per heavy atom. The Balaban J connectivity index is 2.70. The summed E-state index contributed by atoms with van der Waals surface area (Å²) in [6.45, 7) is 1.05. The highest BCUT2D eigenvalue weighted by atomic mass is 32.2. The maximum atomic E-state index is 11.2. The third kappa shape index (κ3) is 1.69. The number of hydrogen-bond acceptors (Lipinski definition) is 3. The Bertz CT molecular complexity index is 185. The Morgan fingerprint density at radius 2 is 2.00 bits per heavy atom. The molecule has 2 radical (unpaired) electrons. The second-order valence-corrected chi connectivity index (χ2v) is 4.47. The number of hydrogen-bond donors (Lipinski definition) is 0. The van der Waals surface area contributed by atoms with Crippen molar-refractivity contribution in [3.8, 4) is 0 Å². The lowest BCUT2D eigenvalue weighted by Gasteiger charge is -2.15. The summed E-state index contributed by atoms with van der Waals surface area (Å²) < 4.78 is 19.5. The van der Waals surface area contributed by atoms with Gasteiger partial charge in [0, 0.05) is 9.73 Å². The van der Waals surface area contributed by atoms with Crippen LogP contribution in [0.4, 0.5) is 0 Å². The Kier molecular flexibility index (Phi) is 2.13. The van der Waals surface area contributed by atoms with Gasteiger partial charge in [-0.2, -0.15) is 0 Å². The first-order valence-electron chi connectivity index (χ1n) is 2.76. The smallest absolute Gasteiger partial charge is 0.273 e. The van der Waals surface area contributed by atoms with Gasteiger partial charge in [0.25, 0.3) is 7.98 Å². The van der Waals surface area contributed by atoms with Gasteiger partial charge in [-0.3, -0.25) is 4.21 Å². The van der Waals surface area contributed by atoms with Crippen LogP contribution in [0, 0.1) is 0 Å². The van der Waals surface area contributed by atoms with Crippen molar-refractivity contribution < 1.29 is 8.95 Å². The fraction of sp³-hybridized carbons (Fsp3) is 1.00. The molecule has 9 heavy (non-hydrogen) atoms. The van der Waals surface area contributed by atoms with Crippen LogP contribution in [0.3, 0.4) is 0 Å². The molecule has 1 fully saturated rings. The van der Waals surface area contributed by atoms with Crippen LogP contribution in [0.2, 0.25) is 0 Å². The third-order valence-electron chi connectivity index (χ3n) is 1.29. The Labute approximate surface area is 56.4 Å². The predicted octanol–water partition coefficient (Wildman–Crippen LogP) is -0.432. The van der Waals surface area contributed by atoms with E-state index in [0.717, 1.165) is 0 Å². The summed E-state index contributed by atoms with van der Waals surface area (Å²) >= 11 is 0. The van der Waals surface area contributed by atoms with Gasteiger partial charge in [0.05, 0.1) is 24.7 Å². The van der Waals surface area contributed by atoms with Crippen molar-refractivity contribution in [3.63, 3.8) is 0 Å². The number of rotatable bonds is 0. The van der Waals surface area contributed by atoms with E-state index < -0.39 is 9.73 Å². The highest BCUT2D eigenvalue weighted by Crippen LogP contribution is 2.01. The standard InChI is InChI=1S/C4H8BNO2S/c5-6-9(7)3-1-8-2-4-9/h1-4H2. The van der Waals surface area contributed by atoms with Crippen LogP contribution in [-0.4, -0.2) is 36.9 Å². The molecule has 1 aliphatic rings. The average Bonchev–Trinajstić information content (AvgIpc) is 1.90. The molecule has 0 saturated carbocycles. The molecule has 3 nitrogen and oxygen atoms in total. The fourth-order valence-corrected chi connectivity index (χ4v) is 1.86. The van der Waals surface area contributed by atoms with Crippen molar-refractivity contribution >= 4 is 17.7 Å². The lowest BCUT2D eigenvalue weighted by molar-refractivity contribution is 0.158. The van der Waals surface area contributed by atoms with E-state index in [1.165, 1.54) is 0 Å². The van der Waals surface area contributed by atoms with Gasteiger partial charge in [-0.1, -0.05) is 0 Å². The number of nitrogens with zero attached hydrogens (tertiary/aromatic N) is 1. The van der Waals surface area contributed by atoms with Gasteiger partial charge >= 0.3 is 0 Å². The third-order valence-corrected chi connectivity index (χ3v) is 3.28. The molecule has 1 aliphatic heterocycles. The first-order valence-corrected chi connectivity index (χ1v) is 4.62. The predicted molar refractivity (Wildman–Crippen MR) is 36.9 cm³/mol. The SMILES string of the molecule is [B]N=S1(=O)CCOCC1. The van der Waals surface area contributed by atoms with Gasteiger partial charge in [-0.15, -0.1) is 0 Å². The summed E-state index contributed by atoms with van der Waals surface area (Å²) in [7, 11) is 2.88. The molecule has 0 aliphatic carbocycles. The van der Waals surface area contributed by atoms with Gasteiger partial charge in [-0.25, -0.2) is 0 Å².